The summed E-state index contributed by atoms with van der Waals surface area (Å²) in [5, 5.41) is 9.27. The number of benzene rings is 2. The fourth-order valence-corrected chi connectivity index (χ4v) is 2.86. The van der Waals surface area contributed by atoms with Crippen LogP contribution in [0.15, 0.2) is 49.6 Å². The van der Waals surface area contributed by atoms with Gasteiger partial charge < -0.3 is 0 Å². The van der Waals surface area contributed by atoms with Crippen LogP contribution in [0, 0.1) is 11.3 Å². The summed E-state index contributed by atoms with van der Waals surface area (Å²) in [6.45, 7) is 7.57. The van der Waals surface area contributed by atoms with Crippen LogP contribution in [0.2, 0.25) is 0 Å². The van der Waals surface area contributed by atoms with E-state index in [9.17, 15) is 14.9 Å². The highest BCUT2D eigenvalue weighted by atomic mass is 16.2. The van der Waals surface area contributed by atoms with E-state index in [1.54, 1.807) is 48.6 Å². The highest BCUT2D eigenvalue weighted by molar-refractivity contribution is 6.21. The molecule has 1 heterocycles. The van der Waals surface area contributed by atoms with Gasteiger partial charge in [0.15, 0.2) is 0 Å². The number of carbonyl (C=O) groups excluding carboxylic acids is 2. The molecule has 0 saturated carbocycles. The van der Waals surface area contributed by atoms with Crippen LogP contribution in [0.3, 0.4) is 0 Å². The summed E-state index contributed by atoms with van der Waals surface area (Å²) in [6, 6.07) is 12.4. The van der Waals surface area contributed by atoms with Gasteiger partial charge in [0.25, 0.3) is 11.8 Å². The molecule has 1 aliphatic rings. The quantitative estimate of drug-likeness (QED) is 0.809. The summed E-state index contributed by atoms with van der Waals surface area (Å²) < 4.78 is 0. The van der Waals surface area contributed by atoms with Crippen LogP contribution in [-0.4, -0.2) is 16.7 Å². The zero-order chi connectivity index (χ0) is 17.3. The van der Waals surface area contributed by atoms with Gasteiger partial charge in [0.05, 0.1) is 23.2 Å². The summed E-state index contributed by atoms with van der Waals surface area (Å²) in [6.07, 6.45) is 3.16. The molecule has 0 saturated heterocycles. The molecule has 0 radical (unpaired) electrons. The zero-order valence-corrected chi connectivity index (χ0v) is 13.0. The standard InChI is InChI=1S/C20H14N2O2/c1-3-14-9-13(10-15(4-2)18(14)11-21)12-22-19(23)16-7-5-6-8-17(16)20(22)24/h3-10H,1-2,12H2. The van der Waals surface area contributed by atoms with Crippen LogP contribution in [0.1, 0.15) is 43.0 Å². The van der Waals surface area contributed by atoms with Crippen LogP contribution < -0.4 is 0 Å². The van der Waals surface area contributed by atoms with Crippen LogP contribution >= 0.6 is 0 Å². The van der Waals surface area contributed by atoms with Gasteiger partial charge in [-0.05, 0) is 41.0 Å². The first-order valence-electron chi connectivity index (χ1n) is 7.37. The Labute approximate surface area is 139 Å². The molecule has 4 nitrogen and oxygen atoms in total. The SMILES string of the molecule is C=Cc1cc(CN2C(=O)c3ccccc3C2=O)cc(C=C)c1C#N. The Morgan fingerprint density at radius 3 is 1.92 bits per heavy atom. The molecule has 4 heteroatoms. The maximum Gasteiger partial charge on any atom is 0.261 e. The smallest absolute Gasteiger partial charge is 0.261 e. The number of rotatable bonds is 4. The summed E-state index contributed by atoms with van der Waals surface area (Å²) >= 11 is 0. The highest BCUT2D eigenvalue weighted by Gasteiger charge is 2.35. The molecule has 2 aromatic rings. The average Bonchev–Trinajstić information content (AvgIpc) is 2.86. The molecule has 0 bridgehead atoms. The molecule has 0 spiro atoms. The van der Waals surface area contributed by atoms with Crippen molar-refractivity contribution in [1.82, 2.24) is 4.90 Å². The van der Waals surface area contributed by atoms with E-state index in [1.807, 2.05) is 0 Å². The Hall–Kier alpha value is -3.45. The second-order valence-electron chi connectivity index (χ2n) is 5.41. The minimum atomic E-state index is -0.305. The van der Waals surface area contributed by atoms with Crippen molar-refractivity contribution in [3.8, 4) is 6.07 Å². The molecule has 2 aromatic carbocycles. The van der Waals surface area contributed by atoms with E-state index in [2.05, 4.69) is 19.2 Å². The van der Waals surface area contributed by atoms with Crippen LogP contribution in [0.25, 0.3) is 12.2 Å². The first kappa shape index (κ1) is 15.4. The van der Waals surface area contributed by atoms with E-state index < -0.39 is 0 Å². The first-order chi connectivity index (χ1) is 11.6. The van der Waals surface area contributed by atoms with Crippen molar-refractivity contribution in [3.05, 3.63) is 82.9 Å². The molecule has 0 fully saturated rings. The lowest BCUT2D eigenvalue weighted by molar-refractivity contribution is 0.0642. The van der Waals surface area contributed by atoms with E-state index in [1.165, 1.54) is 4.90 Å². The number of imide groups is 1. The zero-order valence-electron chi connectivity index (χ0n) is 13.0. The number of amides is 2. The van der Waals surface area contributed by atoms with Crippen molar-refractivity contribution in [2.75, 3.05) is 0 Å². The van der Waals surface area contributed by atoms with E-state index in [-0.39, 0.29) is 18.4 Å². The van der Waals surface area contributed by atoms with E-state index in [0.29, 0.717) is 27.8 Å². The number of fused-ring (bicyclic) bond motifs is 1. The molecule has 0 atom stereocenters. The topological polar surface area (TPSA) is 61.2 Å². The first-order valence-corrected chi connectivity index (χ1v) is 7.37. The number of nitrogens with zero attached hydrogens (tertiary/aromatic N) is 2. The summed E-state index contributed by atoms with van der Waals surface area (Å²) in [5.74, 6) is -0.611. The Balaban J connectivity index is 2.00. The molecule has 3 rings (SSSR count). The Bertz CT molecular complexity index is 871. The lowest BCUT2D eigenvalue weighted by Gasteiger charge is -2.15. The van der Waals surface area contributed by atoms with Gasteiger partial charge in [0.1, 0.15) is 6.07 Å². The lowest BCUT2D eigenvalue weighted by Crippen LogP contribution is -2.29. The van der Waals surface area contributed by atoms with Crippen LogP contribution in [0.5, 0.6) is 0 Å². The van der Waals surface area contributed by atoms with Crippen molar-refractivity contribution in [2.45, 2.75) is 6.54 Å². The molecular formula is C20H14N2O2. The van der Waals surface area contributed by atoms with E-state index in [0.717, 1.165) is 5.56 Å². The second kappa shape index (κ2) is 5.98. The predicted molar refractivity (Wildman–Crippen MR) is 92.0 cm³/mol. The third kappa shape index (κ3) is 2.33. The monoisotopic (exact) mass is 314 g/mol. The molecule has 0 N–H and O–H groups in total. The van der Waals surface area contributed by atoms with Crippen LogP contribution in [0.4, 0.5) is 0 Å². The molecule has 0 unspecified atom stereocenters. The minimum Gasteiger partial charge on any atom is -0.270 e. The molecule has 24 heavy (non-hydrogen) atoms. The fourth-order valence-electron chi connectivity index (χ4n) is 2.86. The van der Waals surface area contributed by atoms with Gasteiger partial charge in [-0.1, -0.05) is 37.4 Å². The molecule has 0 aromatic heterocycles. The van der Waals surface area contributed by atoms with Crippen molar-refractivity contribution in [1.29, 1.82) is 5.26 Å². The average molecular weight is 314 g/mol. The molecule has 116 valence electrons. The lowest BCUT2D eigenvalue weighted by atomic mass is 9.98. The Kier molecular flexibility index (Phi) is 3.85. The Morgan fingerprint density at radius 2 is 1.50 bits per heavy atom. The van der Waals surface area contributed by atoms with Crippen molar-refractivity contribution in [3.63, 3.8) is 0 Å². The number of hydrogen-bond acceptors (Lipinski definition) is 3. The largest absolute Gasteiger partial charge is 0.270 e. The van der Waals surface area contributed by atoms with Gasteiger partial charge in [-0.2, -0.15) is 5.26 Å². The van der Waals surface area contributed by atoms with Crippen molar-refractivity contribution in [2.24, 2.45) is 0 Å². The summed E-state index contributed by atoms with van der Waals surface area (Å²) in [4.78, 5) is 26.1. The van der Waals surface area contributed by atoms with E-state index >= 15 is 0 Å². The van der Waals surface area contributed by atoms with Gasteiger partial charge in [-0.25, -0.2) is 0 Å². The summed E-state index contributed by atoms with van der Waals surface area (Å²) in [5.41, 5.74) is 3.37. The molecular weight excluding hydrogens is 300 g/mol. The fraction of sp³-hybridized carbons (Fsp3) is 0.0500. The van der Waals surface area contributed by atoms with Gasteiger partial charge in [0.2, 0.25) is 0 Å². The van der Waals surface area contributed by atoms with Gasteiger partial charge in [-0.15, -0.1) is 0 Å². The molecule has 1 aliphatic heterocycles. The minimum absolute atomic E-state index is 0.139. The van der Waals surface area contributed by atoms with Gasteiger partial charge in [0, 0.05) is 0 Å². The number of carbonyl (C=O) groups is 2. The predicted octanol–water partition coefficient (Wildman–Crippen LogP) is 3.64. The molecule has 0 aliphatic carbocycles. The van der Waals surface area contributed by atoms with Crippen molar-refractivity contribution < 1.29 is 9.59 Å². The maximum atomic E-state index is 12.5. The van der Waals surface area contributed by atoms with Crippen molar-refractivity contribution >= 4 is 24.0 Å². The van der Waals surface area contributed by atoms with Gasteiger partial charge >= 0.3 is 0 Å². The van der Waals surface area contributed by atoms with Gasteiger partial charge in [-0.3, -0.25) is 14.5 Å². The number of nitriles is 1. The molecule has 2 amide bonds. The third-order valence-corrected chi connectivity index (χ3v) is 4.03. The number of hydrogen-bond donors (Lipinski definition) is 0. The third-order valence-electron chi connectivity index (χ3n) is 4.03. The maximum absolute atomic E-state index is 12.5. The van der Waals surface area contributed by atoms with E-state index in [4.69, 9.17) is 0 Å². The Morgan fingerprint density at radius 1 is 1.00 bits per heavy atom. The normalized spacial score (nSPS) is 12.7. The highest BCUT2D eigenvalue weighted by Crippen LogP contribution is 2.26. The summed E-state index contributed by atoms with van der Waals surface area (Å²) in [7, 11) is 0. The van der Waals surface area contributed by atoms with Crippen LogP contribution in [-0.2, 0) is 6.54 Å². The second-order valence-corrected chi connectivity index (χ2v) is 5.41.